The summed E-state index contributed by atoms with van der Waals surface area (Å²) in [7, 11) is 0. The lowest BCUT2D eigenvalue weighted by atomic mass is 9.96. The van der Waals surface area contributed by atoms with Gasteiger partial charge in [0.15, 0.2) is 0 Å². The molecule has 7 heteroatoms. The third-order valence-corrected chi connectivity index (χ3v) is 7.61. The Morgan fingerprint density at radius 2 is 2.10 bits per heavy atom. The van der Waals surface area contributed by atoms with Crippen molar-refractivity contribution in [2.45, 2.75) is 64.6 Å². The quantitative estimate of drug-likeness (QED) is 0.669. The van der Waals surface area contributed by atoms with Crippen LogP contribution in [0.4, 0.5) is 4.79 Å². The molecule has 162 valence electrons. The SMILES string of the molecule is Cc1cccc(Cn2cnc3sc4c(c3c2=O)CCN(C(=O)NC2CCCCC2)C4)c1. The average Bonchev–Trinajstić information content (AvgIpc) is 3.15. The van der Waals surface area contributed by atoms with Crippen LogP contribution in [0, 0.1) is 6.92 Å². The summed E-state index contributed by atoms with van der Waals surface area (Å²) in [6, 6.07) is 8.54. The summed E-state index contributed by atoms with van der Waals surface area (Å²) in [5.41, 5.74) is 3.37. The number of nitrogens with zero attached hydrogens (tertiary/aromatic N) is 3. The number of carbonyl (C=O) groups excluding carboxylic acids is 1. The second-order valence-electron chi connectivity index (χ2n) is 8.81. The van der Waals surface area contributed by atoms with E-state index in [1.165, 1.54) is 24.8 Å². The lowest BCUT2D eigenvalue weighted by Gasteiger charge is -2.30. The van der Waals surface area contributed by atoms with Gasteiger partial charge in [0.1, 0.15) is 4.83 Å². The van der Waals surface area contributed by atoms with Crippen molar-refractivity contribution in [2.24, 2.45) is 0 Å². The minimum absolute atomic E-state index is 0.0177. The van der Waals surface area contributed by atoms with Crippen LogP contribution < -0.4 is 10.9 Å². The van der Waals surface area contributed by atoms with E-state index in [0.29, 0.717) is 32.1 Å². The molecule has 1 aliphatic carbocycles. The molecule has 0 unspecified atom stereocenters. The lowest BCUT2D eigenvalue weighted by Crippen LogP contribution is -2.47. The third-order valence-electron chi connectivity index (χ3n) is 6.48. The summed E-state index contributed by atoms with van der Waals surface area (Å²) in [4.78, 5) is 34.4. The van der Waals surface area contributed by atoms with E-state index in [2.05, 4.69) is 29.4 Å². The molecule has 0 spiro atoms. The number of aryl methyl sites for hydroxylation is 1. The number of carbonyl (C=O) groups is 1. The smallest absolute Gasteiger partial charge is 0.317 e. The number of thiophene rings is 1. The van der Waals surface area contributed by atoms with Crippen LogP contribution in [-0.4, -0.2) is 33.1 Å². The average molecular weight is 437 g/mol. The zero-order valence-corrected chi connectivity index (χ0v) is 18.7. The molecule has 31 heavy (non-hydrogen) atoms. The number of urea groups is 1. The highest BCUT2D eigenvalue weighted by Gasteiger charge is 2.27. The Hall–Kier alpha value is -2.67. The molecule has 2 amide bonds. The fraction of sp³-hybridized carbons (Fsp3) is 0.458. The largest absolute Gasteiger partial charge is 0.335 e. The molecule has 0 atom stereocenters. The van der Waals surface area contributed by atoms with Gasteiger partial charge in [-0.05, 0) is 37.3 Å². The molecule has 2 aromatic heterocycles. The van der Waals surface area contributed by atoms with E-state index < -0.39 is 0 Å². The number of hydrogen-bond acceptors (Lipinski definition) is 4. The summed E-state index contributed by atoms with van der Waals surface area (Å²) in [6.45, 7) is 3.78. The second-order valence-corrected chi connectivity index (χ2v) is 9.89. The Labute approximate surface area is 185 Å². The predicted octanol–water partition coefficient (Wildman–Crippen LogP) is 4.22. The second kappa shape index (κ2) is 8.46. The molecule has 3 heterocycles. The minimum Gasteiger partial charge on any atom is -0.335 e. The number of rotatable bonds is 3. The van der Waals surface area contributed by atoms with Gasteiger partial charge >= 0.3 is 6.03 Å². The molecule has 1 aromatic carbocycles. The maximum Gasteiger partial charge on any atom is 0.317 e. The molecule has 0 saturated heterocycles. The van der Waals surface area contributed by atoms with Crippen molar-refractivity contribution in [3.63, 3.8) is 0 Å². The van der Waals surface area contributed by atoms with Crippen LogP contribution in [-0.2, 0) is 19.5 Å². The Kier molecular flexibility index (Phi) is 5.52. The summed E-state index contributed by atoms with van der Waals surface area (Å²) in [6.07, 6.45) is 8.20. The van der Waals surface area contributed by atoms with Gasteiger partial charge in [-0.15, -0.1) is 11.3 Å². The number of nitrogens with one attached hydrogen (secondary N) is 1. The van der Waals surface area contributed by atoms with Crippen LogP contribution in [0.2, 0.25) is 0 Å². The minimum atomic E-state index is 0.0177. The molecule has 1 N–H and O–H groups in total. The fourth-order valence-electron chi connectivity index (χ4n) is 4.82. The van der Waals surface area contributed by atoms with E-state index in [0.717, 1.165) is 39.1 Å². The molecule has 3 aromatic rings. The number of hydrogen-bond donors (Lipinski definition) is 1. The number of aromatic nitrogens is 2. The summed E-state index contributed by atoms with van der Waals surface area (Å²) >= 11 is 1.55. The maximum absolute atomic E-state index is 13.3. The van der Waals surface area contributed by atoms with Gasteiger partial charge in [0.2, 0.25) is 0 Å². The van der Waals surface area contributed by atoms with Crippen LogP contribution >= 0.6 is 11.3 Å². The molecular weight excluding hydrogens is 408 g/mol. The Balaban J connectivity index is 1.37. The first-order valence-electron chi connectivity index (χ1n) is 11.2. The van der Waals surface area contributed by atoms with E-state index >= 15 is 0 Å². The molecule has 5 rings (SSSR count). The predicted molar refractivity (Wildman–Crippen MR) is 124 cm³/mol. The Morgan fingerprint density at radius 3 is 2.90 bits per heavy atom. The van der Waals surface area contributed by atoms with Gasteiger partial charge in [0, 0.05) is 17.5 Å². The van der Waals surface area contributed by atoms with Crippen LogP contribution in [0.5, 0.6) is 0 Å². The van der Waals surface area contributed by atoms with Crippen molar-refractivity contribution in [1.82, 2.24) is 19.8 Å². The van der Waals surface area contributed by atoms with E-state index in [1.807, 2.05) is 17.0 Å². The van der Waals surface area contributed by atoms with Crippen LogP contribution in [0.15, 0.2) is 35.4 Å². The lowest BCUT2D eigenvalue weighted by molar-refractivity contribution is 0.185. The first kappa shape index (κ1) is 20.2. The molecule has 2 aliphatic rings. The Morgan fingerprint density at radius 1 is 1.26 bits per heavy atom. The molecule has 1 saturated carbocycles. The number of amides is 2. The highest BCUT2D eigenvalue weighted by molar-refractivity contribution is 7.18. The van der Waals surface area contributed by atoms with Gasteiger partial charge < -0.3 is 10.2 Å². The standard InChI is InChI=1S/C24H28N4O2S/c1-16-6-5-7-17(12-16)13-28-15-25-22-21(23(28)29)19-10-11-27(14-20(19)31-22)24(30)26-18-8-3-2-4-9-18/h5-7,12,15,18H,2-4,8-11,13-14H2,1H3,(H,26,30). The fourth-order valence-corrected chi connectivity index (χ4v) is 6.02. The van der Waals surface area contributed by atoms with Gasteiger partial charge in [0.25, 0.3) is 5.56 Å². The number of fused-ring (bicyclic) bond motifs is 3. The van der Waals surface area contributed by atoms with Crippen molar-refractivity contribution < 1.29 is 4.79 Å². The molecule has 0 bridgehead atoms. The Bertz CT molecular complexity index is 1180. The topological polar surface area (TPSA) is 67.2 Å². The third kappa shape index (κ3) is 4.11. The van der Waals surface area contributed by atoms with Crippen molar-refractivity contribution in [2.75, 3.05) is 6.54 Å². The monoisotopic (exact) mass is 436 g/mol. The van der Waals surface area contributed by atoms with E-state index in [4.69, 9.17) is 0 Å². The summed E-state index contributed by atoms with van der Waals surface area (Å²) in [5.74, 6) is 0. The zero-order valence-electron chi connectivity index (χ0n) is 17.9. The highest BCUT2D eigenvalue weighted by Crippen LogP contribution is 2.32. The van der Waals surface area contributed by atoms with Gasteiger partial charge in [-0.1, -0.05) is 49.1 Å². The summed E-state index contributed by atoms with van der Waals surface area (Å²) in [5, 5.41) is 3.95. The van der Waals surface area contributed by atoms with Gasteiger partial charge in [-0.3, -0.25) is 9.36 Å². The molecule has 1 fully saturated rings. The van der Waals surface area contributed by atoms with Crippen LogP contribution in [0.3, 0.4) is 0 Å². The molecule has 1 aliphatic heterocycles. The van der Waals surface area contributed by atoms with Gasteiger partial charge in [-0.25, -0.2) is 9.78 Å². The number of benzene rings is 1. The molecule has 6 nitrogen and oxygen atoms in total. The molecule has 0 radical (unpaired) electrons. The van der Waals surface area contributed by atoms with Crippen molar-refractivity contribution in [3.05, 3.63) is 62.5 Å². The van der Waals surface area contributed by atoms with Gasteiger partial charge in [0.05, 0.1) is 24.8 Å². The van der Waals surface area contributed by atoms with E-state index in [9.17, 15) is 9.59 Å². The summed E-state index contributed by atoms with van der Waals surface area (Å²) < 4.78 is 1.70. The maximum atomic E-state index is 13.3. The normalized spacial score (nSPS) is 17.0. The van der Waals surface area contributed by atoms with Crippen LogP contribution in [0.25, 0.3) is 10.2 Å². The van der Waals surface area contributed by atoms with Crippen molar-refractivity contribution >= 4 is 27.6 Å². The first-order chi connectivity index (χ1) is 15.1. The highest BCUT2D eigenvalue weighted by atomic mass is 32.1. The van der Waals surface area contributed by atoms with Crippen LogP contribution in [0.1, 0.15) is 53.7 Å². The molecular formula is C24H28N4O2S. The van der Waals surface area contributed by atoms with E-state index in [1.54, 1.807) is 22.2 Å². The van der Waals surface area contributed by atoms with Crippen molar-refractivity contribution in [1.29, 1.82) is 0 Å². The first-order valence-corrected chi connectivity index (χ1v) is 12.0. The van der Waals surface area contributed by atoms with E-state index in [-0.39, 0.29) is 11.6 Å². The van der Waals surface area contributed by atoms with Crippen molar-refractivity contribution in [3.8, 4) is 0 Å². The van der Waals surface area contributed by atoms with Gasteiger partial charge in [-0.2, -0.15) is 0 Å². The zero-order chi connectivity index (χ0) is 21.4.